The van der Waals surface area contributed by atoms with E-state index < -0.39 is 0 Å². The molecule has 2 aromatic carbocycles. The van der Waals surface area contributed by atoms with Gasteiger partial charge < -0.3 is 15.5 Å². The highest BCUT2D eigenvalue weighted by atomic mass is 16.3. The Hall–Kier alpha value is -2.43. The molecule has 2 aromatic rings. The van der Waals surface area contributed by atoms with E-state index in [1.54, 1.807) is 30.4 Å². The van der Waals surface area contributed by atoms with Gasteiger partial charge in [-0.3, -0.25) is 4.79 Å². The molecule has 4 nitrogen and oxygen atoms in total. The van der Waals surface area contributed by atoms with Crippen LogP contribution in [0.2, 0.25) is 0 Å². The second-order valence-electron chi connectivity index (χ2n) is 8.73. The summed E-state index contributed by atoms with van der Waals surface area (Å²) in [6, 6.07) is 14.0. The number of allylic oxidation sites excluding steroid dienone is 1. The summed E-state index contributed by atoms with van der Waals surface area (Å²) in [5.74, 6) is 1.47. The molecule has 2 atom stereocenters. The summed E-state index contributed by atoms with van der Waals surface area (Å²) in [5, 5.41) is 22.1. The lowest BCUT2D eigenvalue weighted by molar-refractivity contribution is -0.114. The third kappa shape index (κ3) is 7.05. The van der Waals surface area contributed by atoms with Crippen LogP contribution in [0.4, 0.5) is 0 Å². The lowest BCUT2D eigenvalue weighted by atomic mass is 9.89. The first-order valence-electron chi connectivity index (χ1n) is 11.5. The standard InChI is InChI=1S/C27H35NO3/c1-28-18-22-5-3-7-24(17-22)23-6-2-4-20(8-12-23)9-13-26(30)14-10-21-11-15-27(31)25(16-21)19-29/h3,5,7,10-11,14-17,20,23,28-29,31H,2,4,6,8-9,12-13,18-19H2,1H3. The summed E-state index contributed by atoms with van der Waals surface area (Å²) in [5.41, 5.74) is 4.09. The highest BCUT2D eigenvalue weighted by molar-refractivity contribution is 5.93. The van der Waals surface area contributed by atoms with Crippen molar-refractivity contribution in [3.63, 3.8) is 0 Å². The quantitative estimate of drug-likeness (QED) is 0.378. The molecule has 3 rings (SSSR count). The van der Waals surface area contributed by atoms with Crippen LogP contribution in [-0.4, -0.2) is 23.0 Å². The maximum atomic E-state index is 12.4. The van der Waals surface area contributed by atoms with Crippen molar-refractivity contribution in [3.05, 3.63) is 70.8 Å². The summed E-state index contributed by atoms with van der Waals surface area (Å²) in [7, 11) is 1.98. The van der Waals surface area contributed by atoms with E-state index in [2.05, 4.69) is 29.6 Å². The molecular weight excluding hydrogens is 386 g/mol. The Balaban J connectivity index is 1.48. The van der Waals surface area contributed by atoms with Crippen molar-refractivity contribution in [1.29, 1.82) is 0 Å². The maximum absolute atomic E-state index is 12.4. The Morgan fingerprint density at radius 3 is 2.81 bits per heavy atom. The third-order valence-electron chi connectivity index (χ3n) is 6.43. The molecule has 4 heteroatoms. The second kappa shape index (κ2) is 11.8. The van der Waals surface area contributed by atoms with Crippen LogP contribution in [0.3, 0.4) is 0 Å². The Morgan fingerprint density at radius 1 is 1.13 bits per heavy atom. The molecule has 166 valence electrons. The van der Waals surface area contributed by atoms with Crippen molar-refractivity contribution in [2.75, 3.05) is 7.05 Å². The molecule has 0 bridgehead atoms. The number of aromatic hydroxyl groups is 1. The molecule has 0 aromatic heterocycles. The van der Waals surface area contributed by atoms with Crippen LogP contribution < -0.4 is 5.32 Å². The van der Waals surface area contributed by atoms with Gasteiger partial charge in [0.1, 0.15) is 5.75 Å². The van der Waals surface area contributed by atoms with Crippen LogP contribution in [0, 0.1) is 5.92 Å². The van der Waals surface area contributed by atoms with Gasteiger partial charge in [0, 0.05) is 18.5 Å². The molecule has 31 heavy (non-hydrogen) atoms. The first kappa shape index (κ1) is 23.2. The number of hydrogen-bond donors (Lipinski definition) is 3. The molecule has 1 fully saturated rings. The number of nitrogens with one attached hydrogen (secondary N) is 1. The van der Waals surface area contributed by atoms with E-state index >= 15 is 0 Å². The van der Waals surface area contributed by atoms with E-state index in [9.17, 15) is 15.0 Å². The number of aliphatic hydroxyl groups excluding tert-OH is 1. The molecule has 0 spiro atoms. The normalized spacial score (nSPS) is 19.4. The van der Waals surface area contributed by atoms with E-state index in [1.807, 2.05) is 7.05 Å². The van der Waals surface area contributed by atoms with Crippen molar-refractivity contribution in [1.82, 2.24) is 5.32 Å². The molecule has 0 amide bonds. The van der Waals surface area contributed by atoms with Crippen molar-refractivity contribution in [3.8, 4) is 5.75 Å². The minimum atomic E-state index is -0.218. The highest BCUT2D eigenvalue weighted by Gasteiger charge is 2.20. The number of phenols is 1. The summed E-state index contributed by atoms with van der Waals surface area (Å²) >= 11 is 0. The zero-order valence-corrected chi connectivity index (χ0v) is 18.5. The predicted octanol–water partition coefficient (Wildman–Crippen LogP) is 5.33. The second-order valence-corrected chi connectivity index (χ2v) is 8.73. The Labute approximate surface area is 186 Å². The van der Waals surface area contributed by atoms with E-state index in [-0.39, 0.29) is 18.1 Å². The molecule has 3 N–H and O–H groups in total. The van der Waals surface area contributed by atoms with E-state index in [1.165, 1.54) is 43.2 Å². The van der Waals surface area contributed by atoms with Crippen LogP contribution in [0.5, 0.6) is 5.75 Å². The van der Waals surface area contributed by atoms with Crippen molar-refractivity contribution in [2.24, 2.45) is 5.92 Å². The Morgan fingerprint density at radius 2 is 2.00 bits per heavy atom. The number of carbonyl (C=O) groups is 1. The molecule has 0 heterocycles. The van der Waals surface area contributed by atoms with Gasteiger partial charge in [-0.2, -0.15) is 0 Å². The number of carbonyl (C=O) groups excluding carboxylic acids is 1. The van der Waals surface area contributed by atoms with Crippen molar-refractivity contribution >= 4 is 11.9 Å². The SMILES string of the molecule is CNCc1cccc(C2CCCC(CCC(=O)C=Cc3ccc(O)c(CO)c3)CC2)c1. The lowest BCUT2D eigenvalue weighted by Gasteiger charge is -2.16. The molecule has 2 unspecified atom stereocenters. The highest BCUT2D eigenvalue weighted by Crippen LogP contribution is 2.36. The summed E-state index contributed by atoms with van der Waals surface area (Å²) in [6.45, 7) is 0.689. The number of hydrogen-bond acceptors (Lipinski definition) is 4. The molecule has 0 saturated heterocycles. The van der Waals surface area contributed by atoms with Gasteiger partial charge in [0.15, 0.2) is 5.78 Å². The Bertz CT molecular complexity index is 890. The average molecular weight is 422 g/mol. The zero-order chi connectivity index (χ0) is 22.1. The van der Waals surface area contributed by atoms with Gasteiger partial charge in [0.05, 0.1) is 6.61 Å². The topological polar surface area (TPSA) is 69.6 Å². The molecule has 1 aliphatic rings. The van der Waals surface area contributed by atoms with E-state index in [4.69, 9.17) is 0 Å². The van der Waals surface area contributed by atoms with Gasteiger partial charge in [0.25, 0.3) is 0 Å². The number of benzene rings is 2. The van der Waals surface area contributed by atoms with Gasteiger partial charge in [-0.05, 0) is 79.5 Å². The molecule has 1 saturated carbocycles. The summed E-state index contributed by atoms with van der Waals surface area (Å²) in [6.07, 6.45) is 11.0. The number of rotatable bonds is 9. The van der Waals surface area contributed by atoms with Crippen LogP contribution in [-0.2, 0) is 17.9 Å². The fourth-order valence-electron chi connectivity index (χ4n) is 4.62. The number of ketones is 1. The first-order valence-corrected chi connectivity index (χ1v) is 11.5. The lowest BCUT2D eigenvalue weighted by Crippen LogP contribution is -2.06. The minimum Gasteiger partial charge on any atom is -0.508 e. The van der Waals surface area contributed by atoms with Gasteiger partial charge >= 0.3 is 0 Å². The maximum Gasteiger partial charge on any atom is 0.155 e. The Kier molecular flexibility index (Phi) is 8.86. The summed E-state index contributed by atoms with van der Waals surface area (Å²) < 4.78 is 0. The van der Waals surface area contributed by atoms with Gasteiger partial charge in [0.2, 0.25) is 0 Å². The number of aliphatic hydroxyl groups is 1. The first-order chi connectivity index (χ1) is 15.1. The van der Waals surface area contributed by atoms with Crippen molar-refractivity contribution < 1.29 is 15.0 Å². The van der Waals surface area contributed by atoms with Crippen LogP contribution in [0.15, 0.2) is 48.5 Å². The van der Waals surface area contributed by atoms with Crippen molar-refractivity contribution in [2.45, 2.75) is 64.0 Å². The van der Waals surface area contributed by atoms with E-state index in [0.717, 1.165) is 18.5 Å². The molecule has 1 aliphatic carbocycles. The van der Waals surface area contributed by atoms with Gasteiger partial charge in [-0.25, -0.2) is 0 Å². The molecule has 0 aliphatic heterocycles. The van der Waals surface area contributed by atoms with Crippen LogP contribution in [0.1, 0.15) is 73.1 Å². The molecule has 0 radical (unpaired) electrons. The largest absolute Gasteiger partial charge is 0.508 e. The monoisotopic (exact) mass is 421 g/mol. The molecular formula is C27H35NO3. The zero-order valence-electron chi connectivity index (χ0n) is 18.5. The van der Waals surface area contributed by atoms with Gasteiger partial charge in [-0.1, -0.05) is 49.2 Å². The average Bonchev–Trinajstić information content (AvgIpc) is 3.03. The van der Waals surface area contributed by atoms with Crippen LogP contribution in [0.25, 0.3) is 6.08 Å². The minimum absolute atomic E-state index is 0.0754. The smallest absolute Gasteiger partial charge is 0.155 e. The van der Waals surface area contributed by atoms with Crippen LogP contribution >= 0.6 is 0 Å². The fraction of sp³-hybridized carbons (Fsp3) is 0.444. The summed E-state index contributed by atoms with van der Waals surface area (Å²) in [4.78, 5) is 12.4. The predicted molar refractivity (Wildman–Crippen MR) is 126 cm³/mol. The van der Waals surface area contributed by atoms with Gasteiger partial charge in [-0.15, -0.1) is 0 Å². The third-order valence-corrected chi connectivity index (χ3v) is 6.43. The van der Waals surface area contributed by atoms with E-state index in [0.29, 0.717) is 23.8 Å². The fourth-order valence-corrected chi connectivity index (χ4v) is 4.62.